The van der Waals surface area contributed by atoms with Gasteiger partial charge in [0.1, 0.15) is 0 Å². The van der Waals surface area contributed by atoms with Crippen LogP contribution in [0.4, 0.5) is 0 Å². The van der Waals surface area contributed by atoms with Gasteiger partial charge < -0.3 is 10.3 Å². The van der Waals surface area contributed by atoms with Crippen molar-refractivity contribution in [2.75, 3.05) is 5.75 Å². The largest absolute Gasteiger partial charge is 0.339 e. The molecule has 2 N–H and O–H groups in total. The highest BCUT2D eigenvalue weighted by molar-refractivity contribution is 7.99. The molecule has 0 amide bonds. The van der Waals surface area contributed by atoms with E-state index in [1.54, 1.807) is 0 Å². The van der Waals surface area contributed by atoms with Crippen molar-refractivity contribution in [2.24, 2.45) is 5.73 Å². The van der Waals surface area contributed by atoms with Crippen LogP contribution in [0.5, 0.6) is 0 Å². The summed E-state index contributed by atoms with van der Waals surface area (Å²) in [6.45, 7) is 0. The SMILES string of the molecule is NC1(c2noc(C3CCSc4ccccc43)n2)CCC1. The molecule has 1 aliphatic carbocycles. The van der Waals surface area contributed by atoms with Crippen molar-refractivity contribution in [3.05, 3.63) is 41.5 Å². The molecule has 1 aliphatic heterocycles. The Kier molecular flexibility index (Phi) is 2.86. The summed E-state index contributed by atoms with van der Waals surface area (Å²) in [5.41, 5.74) is 7.23. The Labute approximate surface area is 122 Å². The number of hydrogen-bond acceptors (Lipinski definition) is 5. The first-order valence-electron chi connectivity index (χ1n) is 7.11. The Hall–Kier alpha value is -1.33. The molecule has 1 aromatic carbocycles. The van der Waals surface area contributed by atoms with E-state index in [0.29, 0.717) is 5.82 Å². The fourth-order valence-corrected chi connectivity index (χ4v) is 4.08. The molecule has 1 atom stereocenters. The molecule has 1 unspecified atom stereocenters. The first-order chi connectivity index (χ1) is 9.76. The molecule has 2 heterocycles. The third-order valence-electron chi connectivity index (χ3n) is 4.39. The number of hydrogen-bond donors (Lipinski definition) is 1. The van der Waals surface area contributed by atoms with E-state index in [0.717, 1.165) is 37.3 Å². The molecule has 0 radical (unpaired) electrons. The maximum absolute atomic E-state index is 6.27. The average Bonchev–Trinajstić information content (AvgIpc) is 2.94. The molecule has 5 heteroatoms. The predicted octanol–water partition coefficient (Wildman–Crippen LogP) is 3.04. The number of rotatable bonds is 2. The van der Waals surface area contributed by atoms with Gasteiger partial charge in [-0.2, -0.15) is 4.98 Å². The van der Waals surface area contributed by atoms with Crippen LogP contribution in [0.3, 0.4) is 0 Å². The molecule has 1 saturated carbocycles. The van der Waals surface area contributed by atoms with E-state index >= 15 is 0 Å². The number of nitrogens with two attached hydrogens (primary N) is 1. The lowest BCUT2D eigenvalue weighted by atomic mass is 9.77. The molecule has 104 valence electrons. The molecule has 2 aromatic rings. The third kappa shape index (κ3) is 1.88. The normalized spacial score (nSPS) is 23.9. The van der Waals surface area contributed by atoms with Crippen LogP contribution < -0.4 is 5.73 Å². The fourth-order valence-electron chi connectivity index (χ4n) is 2.96. The van der Waals surface area contributed by atoms with Crippen molar-refractivity contribution in [3.8, 4) is 0 Å². The Morgan fingerprint density at radius 3 is 2.95 bits per heavy atom. The molecule has 1 aromatic heterocycles. The average molecular weight is 287 g/mol. The Morgan fingerprint density at radius 2 is 2.15 bits per heavy atom. The van der Waals surface area contributed by atoms with Gasteiger partial charge in [0, 0.05) is 4.90 Å². The Bertz CT molecular complexity index is 636. The number of aromatic nitrogens is 2. The van der Waals surface area contributed by atoms with Gasteiger partial charge in [-0.25, -0.2) is 0 Å². The van der Waals surface area contributed by atoms with Crippen molar-refractivity contribution < 1.29 is 4.52 Å². The second-order valence-corrected chi connectivity index (χ2v) is 6.83. The molecular formula is C15H17N3OS. The van der Waals surface area contributed by atoms with E-state index in [2.05, 4.69) is 34.4 Å². The molecule has 1 fully saturated rings. The summed E-state index contributed by atoms with van der Waals surface area (Å²) in [4.78, 5) is 5.94. The lowest BCUT2D eigenvalue weighted by molar-refractivity contribution is 0.228. The first kappa shape index (κ1) is 12.4. The summed E-state index contributed by atoms with van der Waals surface area (Å²) in [6.07, 6.45) is 4.12. The van der Waals surface area contributed by atoms with Gasteiger partial charge in [0.05, 0.1) is 11.5 Å². The van der Waals surface area contributed by atoms with E-state index in [9.17, 15) is 0 Å². The topological polar surface area (TPSA) is 64.9 Å². The van der Waals surface area contributed by atoms with Gasteiger partial charge >= 0.3 is 0 Å². The second-order valence-electron chi connectivity index (χ2n) is 5.69. The summed E-state index contributed by atoms with van der Waals surface area (Å²) < 4.78 is 5.53. The van der Waals surface area contributed by atoms with E-state index in [4.69, 9.17) is 10.3 Å². The van der Waals surface area contributed by atoms with Gasteiger partial charge in [-0.15, -0.1) is 11.8 Å². The van der Waals surface area contributed by atoms with Crippen molar-refractivity contribution in [1.29, 1.82) is 0 Å². The maximum atomic E-state index is 6.27. The van der Waals surface area contributed by atoms with Crippen LogP contribution in [-0.2, 0) is 5.54 Å². The zero-order chi connectivity index (χ0) is 13.6. The van der Waals surface area contributed by atoms with Crippen LogP contribution in [0.2, 0.25) is 0 Å². The van der Waals surface area contributed by atoms with Crippen molar-refractivity contribution in [1.82, 2.24) is 10.1 Å². The van der Waals surface area contributed by atoms with Crippen LogP contribution in [0, 0.1) is 0 Å². The van der Waals surface area contributed by atoms with Gasteiger partial charge in [0.2, 0.25) is 5.89 Å². The Morgan fingerprint density at radius 1 is 1.30 bits per heavy atom. The molecule has 20 heavy (non-hydrogen) atoms. The number of nitrogens with zero attached hydrogens (tertiary/aromatic N) is 2. The van der Waals surface area contributed by atoms with Crippen molar-refractivity contribution in [3.63, 3.8) is 0 Å². The quantitative estimate of drug-likeness (QED) is 0.919. The highest BCUT2D eigenvalue weighted by Crippen LogP contribution is 2.42. The van der Waals surface area contributed by atoms with E-state index in [1.165, 1.54) is 10.5 Å². The van der Waals surface area contributed by atoms with Crippen LogP contribution in [0.1, 0.15) is 48.9 Å². The van der Waals surface area contributed by atoms with E-state index in [1.807, 2.05) is 11.8 Å². The zero-order valence-electron chi connectivity index (χ0n) is 11.2. The molecule has 2 aliphatic rings. The summed E-state index contributed by atoms with van der Waals surface area (Å²) in [5.74, 6) is 2.73. The van der Waals surface area contributed by atoms with Gasteiger partial charge in [0.15, 0.2) is 5.82 Å². The minimum absolute atomic E-state index is 0.220. The molecule has 0 spiro atoms. The minimum atomic E-state index is -0.343. The number of thioether (sulfide) groups is 1. The summed E-state index contributed by atoms with van der Waals surface area (Å²) in [7, 11) is 0. The molecule has 0 saturated heterocycles. The standard InChI is InChI=1S/C15H17N3OS/c16-15(7-3-8-15)14-17-13(19-18-14)11-6-9-20-12-5-2-1-4-10(11)12/h1-2,4-5,11H,3,6-9,16H2. The summed E-state index contributed by atoms with van der Waals surface area (Å²) in [5, 5.41) is 4.14. The van der Waals surface area contributed by atoms with Crippen LogP contribution >= 0.6 is 11.8 Å². The van der Waals surface area contributed by atoms with Gasteiger partial charge in [-0.3, -0.25) is 0 Å². The smallest absolute Gasteiger partial charge is 0.234 e. The van der Waals surface area contributed by atoms with Gasteiger partial charge in [-0.1, -0.05) is 23.4 Å². The van der Waals surface area contributed by atoms with Crippen LogP contribution in [-0.4, -0.2) is 15.9 Å². The second kappa shape index (κ2) is 4.60. The van der Waals surface area contributed by atoms with Crippen LogP contribution in [0.15, 0.2) is 33.7 Å². The monoisotopic (exact) mass is 287 g/mol. The van der Waals surface area contributed by atoms with E-state index < -0.39 is 0 Å². The zero-order valence-corrected chi connectivity index (χ0v) is 12.0. The highest BCUT2D eigenvalue weighted by Gasteiger charge is 2.40. The summed E-state index contributed by atoms with van der Waals surface area (Å²) >= 11 is 1.90. The van der Waals surface area contributed by atoms with Crippen molar-refractivity contribution >= 4 is 11.8 Å². The minimum Gasteiger partial charge on any atom is -0.339 e. The van der Waals surface area contributed by atoms with Crippen LogP contribution in [0.25, 0.3) is 0 Å². The summed E-state index contributed by atoms with van der Waals surface area (Å²) in [6, 6.07) is 8.49. The molecule has 4 rings (SSSR count). The highest BCUT2D eigenvalue weighted by atomic mass is 32.2. The molecule has 0 bridgehead atoms. The van der Waals surface area contributed by atoms with Crippen molar-refractivity contribution in [2.45, 2.75) is 42.0 Å². The third-order valence-corrected chi connectivity index (χ3v) is 5.51. The maximum Gasteiger partial charge on any atom is 0.234 e. The molecule has 4 nitrogen and oxygen atoms in total. The van der Waals surface area contributed by atoms with E-state index in [-0.39, 0.29) is 11.5 Å². The lowest BCUT2D eigenvalue weighted by Crippen LogP contribution is -2.44. The first-order valence-corrected chi connectivity index (χ1v) is 8.09. The fraction of sp³-hybridized carbons (Fsp3) is 0.467. The predicted molar refractivity (Wildman–Crippen MR) is 77.6 cm³/mol. The lowest BCUT2D eigenvalue weighted by Gasteiger charge is -2.34. The van der Waals surface area contributed by atoms with Gasteiger partial charge in [-0.05, 0) is 43.1 Å². The Balaban J connectivity index is 1.69. The number of fused-ring (bicyclic) bond motifs is 1. The number of benzene rings is 1. The van der Waals surface area contributed by atoms with Gasteiger partial charge in [0.25, 0.3) is 0 Å². The molecular weight excluding hydrogens is 270 g/mol.